The minimum absolute atomic E-state index is 0.0619. The Bertz CT molecular complexity index is 403. The number of hydrogen-bond donors (Lipinski definition) is 2. The quantitative estimate of drug-likeness (QED) is 0.791. The zero-order chi connectivity index (χ0) is 14.3. The molecule has 0 saturated heterocycles. The molecule has 1 aromatic carbocycles. The highest BCUT2D eigenvalue weighted by Crippen LogP contribution is 2.16. The molecule has 0 radical (unpaired) electrons. The third-order valence-corrected chi connectivity index (χ3v) is 3.27. The number of carbonyl (C=O) groups excluding carboxylic acids is 1. The molecular formula is C16H26N2O. The number of benzene rings is 1. The van der Waals surface area contributed by atoms with Crippen LogP contribution >= 0.6 is 0 Å². The first-order chi connectivity index (χ1) is 9.08. The number of para-hydroxylation sites is 1. The van der Waals surface area contributed by atoms with Crippen molar-refractivity contribution in [1.29, 1.82) is 0 Å². The highest BCUT2D eigenvalue weighted by molar-refractivity contribution is 5.84. The SMILES string of the molecule is CCCC(C)NC(=O)C(C)Nc1ccccc1CC. The molecule has 2 unspecified atom stereocenters. The number of nitrogens with one attached hydrogen (secondary N) is 2. The molecule has 0 aromatic heterocycles. The van der Waals surface area contributed by atoms with Gasteiger partial charge in [0.05, 0.1) is 0 Å². The van der Waals surface area contributed by atoms with Crippen LogP contribution in [0.1, 0.15) is 46.1 Å². The van der Waals surface area contributed by atoms with E-state index >= 15 is 0 Å². The van der Waals surface area contributed by atoms with Gasteiger partial charge in [-0.1, -0.05) is 38.5 Å². The monoisotopic (exact) mass is 262 g/mol. The fourth-order valence-electron chi connectivity index (χ4n) is 2.14. The Morgan fingerprint density at radius 2 is 1.89 bits per heavy atom. The van der Waals surface area contributed by atoms with E-state index < -0.39 is 0 Å². The molecule has 0 aliphatic rings. The third kappa shape index (κ3) is 4.93. The summed E-state index contributed by atoms with van der Waals surface area (Å²) in [5.41, 5.74) is 2.29. The lowest BCUT2D eigenvalue weighted by Crippen LogP contribution is -2.42. The molecule has 2 N–H and O–H groups in total. The lowest BCUT2D eigenvalue weighted by atomic mass is 10.1. The summed E-state index contributed by atoms with van der Waals surface area (Å²) < 4.78 is 0. The van der Waals surface area contributed by atoms with E-state index in [-0.39, 0.29) is 18.0 Å². The van der Waals surface area contributed by atoms with Crippen molar-refractivity contribution in [3.63, 3.8) is 0 Å². The van der Waals surface area contributed by atoms with Crippen LogP contribution in [0.2, 0.25) is 0 Å². The molecule has 3 heteroatoms. The molecular weight excluding hydrogens is 236 g/mol. The minimum Gasteiger partial charge on any atom is -0.374 e. The average Bonchev–Trinajstić information content (AvgIpc) is 2.39. The first-order valence-corrected chi connectivity index (χ1v) is 7.23. The zero-order valence-corrected chi connectivity index (χ0v) is 12.5. The van der Waals surface area contributed by atoms with Gasteiger partial charge in [0, 0.05) is 11.7 Å². The van der Waals surface area contributed by atoms with Gasteiger partial charge in [-0.05, 0) is 38.3 Å². The van der Waals surface area contributed by atoms with Crippen LogP contribution in [0.25, 0.3) is 0 Å². The Morgan fingerprint density at radius 1 is 1.21 bits per heavy atom. The van der Waals surface area contributed by atoms with E-state index in [2.05, 4.69) is 30.5 Å². The van der Waals surface area contributed by atoms with Gasteiger partial charge in [-0.15, -0.1) is 0 Å². The highest BCUT2D eigenvalue weighted by Gasteiger charge is 2.15. The molecule has 19 heavy (non-hydrogen) atoms. The second kappa shape index (κ2) is 7.82. The highest BCUT2D eigenvalue weighted by atomic mass is 16.2. The van der Waals surface area contributed by atoms with Crippen molar-refractivity contribution in [1.82, 2.24) is 5.32 Å². The van der Waals surface area contributed by atoms with Gasteiger partial charge >= 0.3 is 0 Å². The standard InChI is InChI=1S/C16H26N2O/c1-5-9-12(3)17-16(19)13(4)18-15-11-8-7-10-14(15)6-2/h7-8,10-13,18H,5-6,9H2,1-4H3,(H,17,19). The van der Waals surface area contributed by atoms with Crippen LogP contribution in [0.5, 0.6) is 0 Å². The van der Waals surface area contributed by atoms with Crippen LogP contribution < -0.4 is 10.6 Å². The number of carbonyl (C=O) groups is 1. The average molecular weight is 262 g/mol. The van der Waals surface area contributed by atoms with E-state index in [4.69, 9.17) is 0 Å². The Balaban J connectivity index is 2.58. The topological polar surface area (TPSA) is 41.1 Å². The van der Waals surface area contributed by atoms with Gasteiger partial charge in [-0.25, -0.2) is 0 Å². The predicted octanol–water partition coefficient (Wildman–Crippen LogP) is 3.35. The van der Waals surface area contributed by atoms with Crippen molar-refractivity contribution in [2.24, 2.45) is 0 Å². The third-order valence-electron chi connectivity index (χ3n) is 3.27. The summed E-state index contributed by atoms with van der Waals surface area (Å²) in [4.78, 5) is 12.1. The molecule has 0 saturated carbocycles. The van der Waals surface area contributed by atoms with Gasteiger partial charge in [0.1, 0.15) is 6.04 Å². The van der Waals surface area contributed by atoms with E-state index in [1.165, 1.54) is 5.56 Å². The van der Waals surface area contributed by atoms with Gasteiger partial charge in [0.25, 0.3) is 0 Å². The second-order valence-corrected chi connectivity index (χ2v) is 5.08. The molecule has 2 atom stereocenters. The molecule has 0 aliphatic heterocycles. The Hall–Kier alpha value is -1.51. The first-order valence-electron chi connectivity index (χ1n) is 7.23. The number of hydrogen-bond acceptors (Lipinski definition) is 2. The maximum atomic E-state index is 12.1. The zero-order valence-electron chi connectivity index (χ0n) is 12.5. The Kier molecular flexibility index (Phi) is 6.40. The van der Waals surface area contributed by atoms with Crippen molar-refractivity contribution in [3.05, 3.63) is 29.8 Å². The Labute approximate surface area is 116 Å². The summed E-state index contributed by atoms with van der Waals surface area (Å²) in [6.07, 6.45) is 3.07. The molecule has 0 bridgehead atoms. The van der Waals surface area contributed by atoms with E-state index in [1.54, 1.807) is 0 Å². The fraction of sp³-hybridized carbons (Fsp3) is 0.562. The lowest BCUT2D eigenvalue weighted by molar-refractivity contribution is -0.122. The maximum absolute atomic E-state index is 12.1. The first kappa shape index (κ1) is 15.5. The van der Waals surface area contributed by atoms with Crippen LogP contribution in [0, 0.1) is 0 Å². The van der Waals surface area contributed by atoms with E-state index in [0.29, 0.717) is 0 Å². The minimum atomic E-state index is -0.216. The number of amides is 1. The van der Waals surface area contributed by atoms with Crippen molar-refractivity contribution in [2.75, 3.05) is 5.32 Å². The molecule has 0 aliphatic carbocycles. The van der Waals surface area contributed by atoms with Crippen LogP contribution in [0.4, 0.5) is 5.69 Å². The molecule has 0 fully saturated rings. The number of anilines is 1. The van der Waals surface area contributed by atoms with Crippen molar-refractivity contribution >= 4 is 11.6 Å². The summed E-state index contributed by atoms with van der Waals surface area (Å²) in [7, 11) is 0. The van der Waals surface area contributed by atoms with Crippen LogP contribution in [-0.2, 0) is 11.2 Å². The number of rotatable bonds is 7. The van der Waals surface area contributed by atoms with Crippen molar-refractivity contribution < 1.29 is 4.79 Å². The Morgan fingerprint density at radius 3 is 2.53 bits per heavy atom. The predicted molar refractivity (Wildman–Crippen MR) is 81.4 cm³/mol. The van der Waals surface area contributed by atoms with E-state index in [1.807, 2.05) is 32.0 Å². The molecule has 0 heterocycles. The summed E-state index contributed by atoms with van der Waals surface area (Å²) in [5, 5.41) is 6.33. The largest absolute Gasteiger partial charge is 0.374 e. The second-order valence-electron chi connectivity index (χ2n) is 5.08. The van der Waals surface area contributed by atoms with Crippen LogP contribution in [0.15, 0.2) is 24.3 Å². The summed E-state index contributed by atoms with van der Waals surface area (Å²) in [6, 6.07) is 8.16. The molecule has 1 aromatic rings. The van der Waals surface area contributed by atoms with Gasteiger partial charge in [0.2, 0.25) is 5.91 Å². The van der Waals surface area contributed by atoms with E-state index in [9.17, 15) is 4.79 Å². The number of aryl methyl sites for hydroxylation is 1. The van der Waals surface area contributed by atoms with Gasteiger partial charge in [-0.2, -0.15) is 0 Å². The molecule has 0 spiro atoms. The molecule has 106 valence electrons. The summed E-state index contributed by atoms with van der Waals surface area (Å²) in [6.45, 7) is 8.20. The summed E-state index contributed by atoms with van der Waals surface area (Å²) >= 11 is 0. The molecule has 1 rings (SSSR count). The molecule has 1 amide bonds. The molecule has 3 nitrogen and oxygen atoms in total. The summed E-state index contributed by atoms with van der Waals surface area (Å²) in [5.74, 6) is 0.0619. The van der Waals surface area contributed by atoms with Gasteiger partial charge in [-0.3, -0.25) is 4.79 Å². The van der Waals surface area contributed by atoms with Crippen molar-refractivity contribution in [3.8, 4) is 0 Å². The van der Waals surface area contributed by atoms with Gasteiger partial charge in [0.15, 0.2) is 0 Å². The van der Waals surface area contributed by atoms with Gasteiger partial charge < -0.3 is 10.6 Å². The van der Waals surface area contributed by atoms with Crippen LogP contribution in [0.3, 0.4) is 0 Å². The fourth-order valence-corrected chi connectivity index (χ4v) is 2.14. The maximum Gasteiger partial charge on any atom is 0.242 e. The van der Waals surface area contributed by atoms with E-state index in [0.717, 1.165) is 24.9 Å². The smallest absolute Gasteiger partial charge is 0.242 e. The normalized spacial score (nSPS) is 13.7. The van der Waals surface area contributed by atoms with Crippen molar-refractivity contribution in [2.45, 2.75) is 59.0 Å². The van der Waals surface area contributed by atoms with Crippen LogP contribution in [-0.4, -0.2) is 18.0 Å². The lowest BCUT2D eigenvalue weighted by Gasteiger charge is -2.20.